The molecule has 0 unspecified atom stereocenters. The summed E-state index contributed by atoms with van der Waals surface area (Å²) in [6.07, 6.45) is 0. The van der Waals surface area contributed by atoms with Crippen LogP contribution in [0.5, 0.6) is 0 Å². The maximum absolute atomic E-state index is 12.3. The highest BCUT2D eigenvalue weighted by atomic mass is 79.9. The van der Waals surface area contributed by atoms with Gasteiger partial charge in [-0.3, -0.25) is 9.59 Å². The van der Waals surface area contributed by atoms with E-state index in [-0.39, 0.29) is 5.91 Å². The van der Waals surface area contributed by atoms with Crippen LogP contribution in [0.4, 0.5) is 0 Å². The fraction of sp³-hybridized carbons (Fsp3) is 0.125. The lowest BCUT2D eigenvalue weighted by Crippen LogP contribution is -2.37. The van der Waals surface area contributed by atoms with E-state index >= 15 is 0 Å². The van der Waals surface area contributed by atoms with Crippen LogP contribution in [-0.2, 0) is 4.79 Å². The minimum atomic E-state index is -0.855. The molecule has 4 nitrogen and oxygen atoms in total. The van der Waals surface area contributed by atoms with E-state index in [1.54, 1.807) is 30.3 Å². The first kappa shape index (κ1) is 15.3. The van der Waals surface area contributed by atoms with Gasteiger partial charge in [0.05, 0.1) is 5.56 Å². The van der Waals surface area contributed by atoms with Gasteiger partial charge in [0.2, 0.25) is 5.91 Å². The molecule has 0 aromatic heterocycles. The fourth-order valence-electron chi connectivity index (χ4n) is 1.98. The van der Waals surface area contributed by atoms with Crippen molar-refractivity contribution < 1.29 is 9.59 Å². The Morgan fingerprint density at radius 3 is 2.38 bits per heavy atom. The lowest BCUT2D eigenvalue weighted by molar-refractivity contribution is -0.120. The second-order valence-electron chi connectivity index (χ2n) is 4.70. The van der Waals surface area contributed by atoms with Gasteiger partial charge < -0.3 is 11.1 Å². The number of primary amides is 1. The molecule has 0 fully saturated rings. The molecule has 2 aromatic carbocycles. The first-order valence-electron chi connectivity index (χ1n) is 6.40. The molecule has 0 bridgehead atoms. The number of rotatable bonds is 4. The number of aryl methyl sites for hydroxylation is 1. The minimum Gasteiger partial charge on any atom is -0.368 e. The van der Waals surface area contributed by atoms with Crippen molar-refractivity contribution in [1.29, 1.82) is 0 Å². The second kappa shape index (κ2) is 6.54. The number of nitrogens with one attached hydrogen (secondary N) is 1. The largest absolute Gasteiger partial charge is 0.368 e. The Labute approximate surface area is 131 Å². The third-order valence-corrected chi connectivity index (χ3v) is 3.72. The Balaban J connectivity index is 2.25. The summed E-state index contributed by atoms with van der Waals surface area (Å²) in [6, 6.07) is 13.4. The molecule has 3 N–H and O–H groups in total. The van der Waals surface area contributed by atoms with E-state index in [1.165, 1.54) is 0 Å². The molecule has 0 aliphatic rings. The van der Waals surface area contributed by atoms with Crippen LogP contribution >= 0.6 is 15.9 Å². The summed E-state index contributed by atoms with van der Waals surface area (Å²) < 4.78 is 0.677. The Kier molecular flexibility index (Phi) is 4.75. The van der Waals surface area contributed by atoms with Crippen molar-refractivity contribution in [2.45, 2.75) is 13.0 Å². The molecule has 2 aromatic rings. The molecule has 0 aliphatic heterocycles. The summed E-state index contributed by atoms with van der Waals surface area (Å²) in [4.78, 5) is 23.9. The summed E-state index contributed by atoms with van der Waals surface area (Å²) in [5, 5.41) is 2.67. The maximum Gasteiger partial charge on any atom is 0.253 e. The Morgan fingerprint density at radius 2 is 1.81 bits per heavy atom. The maximum atomic E-state index is 12.3. The van der Waals surface area contributed by atoms with Crippen molar-refractivity contribution in [2.24, 2.45) is 5.73 Å². The van der Waals surface area contributed by atoms with Gasteiger partial charge in [0.15, 0.2) is 0 Å². The van der Waals surface area contributed by atoms with Crippen molar-refractivity contribution in [2.75, 3.05) is 0 Å². The van der Waals surface area contributed by atoms with Crippen LogP contribution in [-0.4, -0.2) is 11.8 Å². The fourth-order valence-corrected chi connectivity index (χ4v) is 2.65. The van der Waals surface area contributed by atoms with Gasteiger partial charge in [0.25, 0.3) is 5.91 Å². The molecule has 0 saturated heterocycles. The van der Waals surface area contributed by atoms with Crippen LogP contribution in [0.15, 0.2) is 53.0 Å². The number of nitrogens with two attached hydrogens (primary N) is 1. The van der Waals surface area contributed by atoms with Gasteiger partial charge in [-0.05, 0) is 46.1 Å². The van der Waals surface area contributed by atoms with E-state index in [0.717, 1.165) is 5.56 Å². The van der Waals surface area contributed by atoms with E-state index in [0.29, 0.717) is 15.6 Å². The highest BCUT2D eigenvalue weighted by Crippen LogP contribution is 2.20. The van der Waals surface area contributed by atoms with Crippen molar-refractivity contribution in [3.8, 4) is 0 Å². The summed E-state index contributed by atoms with van der Waals surface area (Å²) in [6.45, 7) is 1.93. The molecule has 21 heavy (non-hydrogen) atoms. The van der Waals surface area contributed by atoms with Crippen molar-refractivity contribution in [1.82, 2.24) is 5.32 Å². The molecule has 0 aliphatic carbocycles. The molecule has 0 heterocycles. The zero-order valence-electron chi connectivity index (χ0n) is 11.5. The van der Waals surface area contributed by atoms with Gasteiger partial charge >= 0.3 is 0 Å². The van der Waals surface area contributed by atoms with E-state index in [1.807, 2.05) is 25.1 Å². The number of hydrogen-bond acceptors (Lipinski definition) is 2. The molecule has 5 heteroatoms. The normalized spacial score (nSPS) is 11.7. The first-order valence-corrected chi connectivity index (χ1v) is 7.19. The average molecular weight is 347 g/mol. The van der Waals surface area contributed by atoms with E-state index < -0.39 is 11.9 Å². The minimum absolute atomic E-state index is 0.352. The SMILES string of the molecule is Cc1ccc(C(=O)N[C@H](C(N)=O)c2ccccc2)c(Br)c1. The number of carbonyl (C=O) groups excluding carboxylic acids is 2. The molecule has 108 valence electrons. The van der Waals surface area contributed by atoms with Gasteiger partial charge in [-0.15, -0.1) is 0 Å². The summed E-state index contributed by atoms with van der Waals surface area (Å²) in [7, 11) is 0. The number of carbonyl (C=O) groups is 2. The van der Waals surface area contributed by atoms with Crippen LogP contribution in [0.1, 0.15) is 27.5 Å². The summed E-state index contributed by atoms with van der Waals surface area (Å²) in [5.74, 6) is -0.952. The number of amides is 2. The van der Waals surface area contributed by atoms with Crippen molar-refractivity contribution in [3.63, 3.8) is 0 Å². The van der Waals surface area contributed by atoms with Gasteiger partial charge in [-0.25, -0.2) is 0 Å². The highest BCUT2D eigenvalue weighted by Gasteiger charge is 2.21. The molecular weight excluding hydrogens is 332 g/mol. The summed E-state index contributed by atoms with van der Waals surface area (Å²) in [5.41, 5.74) is 7.54. The third-order valence-electron chi connectivity index (χ3n) is 3.06. The van der Waals surface area contributed by atoms with E-state index in [9.17, 15) is 9.59 Å². The van der Waals surface area contributed by atoms with Crippen molar-refractivity contribution in [3.05, 3.63) is 69.7 Å². The second-order valence-corrected chi connectivity index (χ2v) is 5.56. The number of benzene rings is 2. The van der Waals surface area contributed by atoms with Crippen LogP contribution in [0, 0.1) is 6.92 Å². The molecule has 1 atom stereocenters. The van der Waals surface area contributed by atoms with Gasteiger partial charge in [0, 0.05) is 4.47 Å². The number of halogens is 1. The standard InChI is InChI=1S/C16H15BrN2O2/c1-10-7-8-12(13(17)9-10)16(21)19-14(15(18)20)11-5-3-2-4-6-11/h2-9,14H,1H3,(H2,18,20)(H,19,21)/t14-/m0/s1. The lowest BCUT2D eigenvalue weighted by atomic mass is 10.1. The Bertz CT molecular complexity index is 671. The summed E-state index contributed by atoms with van der Waals surface area (Å²) >= 11 is 3.35. The monoisotopic (exact) mass is 346 g/mol. The first-order chi connectivity index (χ1) is 9.99. The van der Waals surface area contributed by atoms with E-state index in [2.05, 4.69) is 21.2 Å². The Morgan fingerprint density at radius 1 is 1.14 bits per heavy atom. The number of hydrogen-bond donors (Lipinski definition) is 2. The van der Waals surface area contributed by atoms with E-state index in [4.69, 9.17) is 5.73 Å². The van der Waals surface area contributed by atoms with Gasteiger partial charge in [-0.1, -0.05) is 36.4 Å². The molecule has 2 amide bonds. The van der Waals surface area contributed by atoms with Crippen LogP contribution in [0.3, 0.4) is 0 Å². The molecular formula is C16H15BrN2O2. The van der Waals surface area contributed by atoms with Crippen LogP contribution in [0.25, 0.3) is 0 Å². The average Bonchev–Trinajstić information content (AvgIpc) is 2.45. The quantitative estimate of drug-likeness (QED) is 0.893. The molecule has 0 saturated carbocycles. The lowest BCUT2D eigenvalue weighted by Gasteiger charge is -2.16. The third kappa shape index (κ3) is 3.70. The van der Waals surface area contributed by atoms with Crippen molar-refractivity contribution >= 4 is 27.7 Å². The van der Waals surface area contributed by atoms with Gasteiger partial charge in [-0.2, -0.15) is 0 Å². The molecule has 2 rings (SSSR count). The zero-order valence-corrected chi connectivity index (χ0v) is 13.1. The zero-order chi connectivity index (χ0) is 15.4. The van der Waals surface area contributed by atoms with Crippen LogP contribution < -0.4 is 11.1 Å². The molecule has 0 radical (unpaired) electrons. The Hall–Kier alpha value is -2.14. The van der Waals surface area contributed by atoms with Crippen LogP contribution in [0.2, 0.25) is 0 Å². The predicted octanol–water partition coefficient (Wildman–Crippen LogP) is 2.71. The topological polar surface area (TPSA) is 72.2 Å². The smallest absolute Gasteiger partial charge is 0.253 e. The predicted molar refractivity (Wildman–Crippen MR) is 84.7 cm³/mol. The highest BCUT2D eigenvalue weighted by molar-refractivity contribution is 9.10. The van der Waals surface area contributed by atoms with Gasteiger partial charge in [0.1, 0.15) is 6.04 Å². The molecule has 0 spiro atoms.